The predicted molar refractivity (Wildman–Crippen MR) is 92.0 cm³/mol. The lowest BCUT2D eigenvalue weighted by Gasteiger charge is -2.03. The van der Waals surface area contributed by atoms with Gasteiger partial charge in [0.25, 0.3) is 0 Å². The number of phenols is 1. The van der Waals surface area contributed by atoms with Crippen molar-refractivity contribution in [2.24, 2.45) is 15.2 Å². The summed E-state index contributed by atoms with van der Waals surface area (Å²) in [6.07, 6.45) is 1.43. The van der Waals surface area contributed by atoms with E-state index in [9.17, 15) is 10.3 Å². The van der Waals surface area contributed by atoms with Gasteiger partial charge in [-0.15, -0.1) is 0 Å². The van der Waals surface area contributed by atoms with E-state index in [1.165, 1.54) is 6.21 Å². The summed E-state index contributed by atoms with van der Waals surface area (Å²) in [6, 6.07) is 14.3. The number of aromatic hydroxyl groups is 1. The molecular weight excluding hydrogens is 292 g/mol. The standard InChI is InChI=1S/C17H18N4O2/c1-12-7-9-15(10-8-12)19-17(21-23)13(2)20-18-11-14-5-3-4-6-16(14)22/h3-11,22-23H,1-2H3,(H,19,21)/b18-11+,20-13+. The summed E-state index contributed by atoms with van der Waals surface area (Å²) in [4.78, 5) is 4.26. The van der Waals surface area contributed by atoms with Gasteiger partial charge < -0.3 is 5.11 Å². The first-order valence-corrected chi connectivity index (χ1v) is 7.01. The van der Waals surface area contributed by atoms with Crippen LogP contribution >= 0.6 is 0 Å². The number of aryl methyl sites for hydroxylation is 1. The number of hydrogen-bond acceptors (Lipinski definition) is 5. The minimum Gasteiger partial charge on any atom is -0.507 e. The summed E-state index contributed by atoms with van der Waals surface area (Å²) in [5.74, 6) is 0.321. The smallest absolute Gasteiger partial charge is 0.173 e. The molecular formula is C17H18N4O2. The lowest BCUT2D eigenvalue weighted by atomic mass is 10.2. The predicted octanol–water partition coefficient (Wildman–Crippen LogP) is 3.20. The van der Waals surface area contributed by atoms with E-state index in [-0.39, 0.29) is 11.6 Å². The number of benzene rings is 2. The van der Waals surface area contributed by atoms with Crippen molar-refractivity contribution in [1.82, 2.24) is 5.48 Å². The topological polar surface area (TPSA) is 89.6 Å². The van der Waals surface area contributed by atoms with Crippen LogP contribution in [0.3, 0.4) is 0 Å². The molecule has 6 nitrogen and oxygen atoms in total. The molecule has 0 fully saturated rings. The molecule has 6 heteroatoms. The van der Waals surface area contributed by atoms with Gasteiger partial charge >= 0.3 is 0 Å². The van der Waals surface area contributed by atoms with Crippen molar-refractivity contribution < 1.29 is 10.3 Å². The van der Waals surface area contributed by atoms with Crippen LogP contribution in [-0.2, 0) is 0 Å². The SMILES string of the molecule is C/C(=N\N=C\c1ccccc1O)C(=Nc1ccc(C)cc1)NO. The number of phenolic OH excluding ortho intramolecular Hbond substituents is 1. The molecule has 0 aliphatic carbocycles. The quantitative estimate of drug-likeness (QED) is 0.460. The first-order chi connectivity index (χ1) is 11.1. The molecule has 0 saturated carbocycles. The maximum Gasteiger partial charge on any atom is 0.173 e. The van der Waals surface area contributed by atoms with Gasteiger partial charge in [0.15, 0.2) is 5.84 Å². The molecule has 0 heterocycles. The van der Waals surface area contributed by atoms with Crippen molar-refractivity contribution >= 4 is 23.4 Å². The Morgan fingerprint density at radius 2 is 1.78 bits per heavy atom. The molecule has 118 valence electrons. The summed E-state index contributed by atoms with van der Waals surface area (Å²) in [6.45, 7) is 3.65. The summed E-state index contributed by atoms with van der Waals surface area (Å²) in [7, 11) is 0. The summed E-state index contributed by atoms with van der Waals surface area (Å²) < 4.78 is 0. The van der Waals surface area contributed by atoms with Crippen LogP contribution in [0.5, 0.6) is 5.75 Å². The fraction of sp³-hybridized carbons (Fsp3) is 0.118. The van der Waals surface area contributed by atoms with E-state index < -0.39 is 0 Å². The van der Waals surface area contributed by atoms with Crippen LogP contribution in [0.1, 0.15) is 18.1 Å². The highest BCUT2D eigenvalue weighted by Crippen LogP contribution is 2.13. The second-order valence-corrected chi connectivity index (χ2v) is 4.90. The number of para-hydroxylation sites is 1. The van der Waals surface area contributed by atoms with Crippen molar-refractivity contribution in [1.29, 1.82) is 0 Å². The lowest BCUT2D eigenvalue weighted by Crippen LogP contribution is -2.26. The van der Waals surface area contributed by atoms with Crippen LogP contribution in [0.4, 0.5) is 5.69 Å². The summed E-state index contributed by atoms with van der Waals surface area (Å²) in [5, 5.41) is 26.7. The van der Waals surface area contributed by atoms with E-state index in [1.807, 2.05) is 36.7 Å². The van der Waals surface area contributed by atoms with E-state index in [4.69, 9.17) is 0 Å². The largest absolute Gasteiger partial charge is 0.507 e. The second kappa shape index (κ2) is 7.86. The molecule has 0 atom stereocenters. The lowest BCUT2D eigenvalue weighted by molar-refractivity contribution is 0.236. The van der Waals surface area contributed by atoms with Crippen LogP contribution in [0.25, 0.3) is 0 Å². The van der Waals surface area contributed by atoms with Crippen LogP contribution in [0.2, 0.25) is 0 Å². The average molecular weight is 310 g/mol. The normalized spacial score (nSPS) is 12.7. The average Bonchev–Trinajstić information content (AvgIpc) is 2.56. The van der Waals surface area contributed by atoms with Gasteiger partial charge in [-0.3, -0.25) is 10.7 Å². The Bertz CT molecular complexity index is 749. The molecule has 0 spiro atoms. The van der Waals surface area contributed by atoms with Gasteiger partial charge in [0, 0.05) is 5.56 Å². The molecule has 0 aromatic heterocycles. The Balaban J connectivity index is 2.17. The Hall–Kier alpha value is -2.99. The van der Waals surface area contributed by atoms with Crippen LogP contribution in [0, 0.1) is 6.92 Å². The van der Waals surface area contributed by atoms with Gasteiger partial charge in [0.05, 0.1) is 11.9 Å². The fourth-order valence-corrected chi connectivity index (χ4v) is 1.76. The maximum absolute atomic E-state index is 9.63. The minimum atomic E-state index is 0.123. The number of rotatable bonds is 4. The highest BCUT2D eigenvalue weighted by molar-refractivity contribution is 6.40. The van der Waals surface area contributed by atoms with Crippen molar-refractivity contribution in [3.8, 4) is 5.75 Å². The third-order valence-electron chi connectivity index (χ3n) is 3.06. The number of hydroxylamine groups is 1. The van der Waals surface area contributed by atoms with Crippen molar-refractivity contribution in [3.05, 3.63) is 59.7 Å². The van der Waals surface area contributed by atoms with Gasteiger partial charge in [-0.1, -0.05) is 29.8 Å². The molecule has 2 aromatic carbocycles. The molecule has 2 rings (SSSR count). The molecule has 0 saturated heterocycles. The molecule has 0 aliphatic heterocycles. The van der Waals surface area contributed by atoms with Crippen molar-refractivity contribution in [3.63, 3.8) is 0 Å². The van der Waals surface area contributed by atoms with Crippen molar-refractivity contribution in [2.75, 3.05) is 0 Å². The third kappa shape index (κ3) is 4.76. The zero-order valence-corrected chi connectivity index (χ0v) is 12.9. The first kappa shape index (κ1) is 16.4. The van der Waals surface area contributed by atoms with Gasteiger partial charge in [-0.2, -0.15) is 10.2 Å². The fourth-order valence-electron chi connectivity index (χ4n) is 1.76. The number of nitrogens with zero attached hydrogens (tertiary/aromatic N) is 3. The van der Waals surface area contributed by atoms with E-state index in [0.717, 1.165) is 5.56 Å². The molecule has 0 aliphatic rings. The second-order valence-electron chi connectivity index (χ2n) is 4.90. The molecule has 0 unspecified atom stereocenters. The van der Waals surface area contributed by atoms with Crippen LogP contribution in [-0.4, -0.2) is 28.1 Å². The van der Waals surface area contributed by atoms with E-state index in [0.29, 0.717) is 17.0 Å². The van der Waals surface area contributed by atoms with Gasteiger partial charge in [0.1, 0.15) is 11.5 Å². The van der Waals surface area contributed by atoms with Gasteiger partial charge in [0.2, 0.25) is 0 Å². The number of nitrogens with one attached hydrogen (secondary N) is 1. The van der Waals surface area contributed by atoms with Gasteiger partial charge in [-0.25, -0.2) is 4.99 Å². The number of hydrogen-bond donors (Lipinski definition) is 3. The Labute approximate surface area is 134 Å². The van der Waals surface area contributed by atoms with E-state index in [2.05, 4.69) is 15.2 Å². The molecule has 0 amide bonds. The monoisotopic (exact) mass is 310 g/mol. The molecule has 3 N–H and O–H groups in total. The summed E-state index contributed by atoms with van der Waals surface area (Å²) in [5.41, 5.74) is 4.79. The van der Waals surface area contributed by atoms with Crippen LogP contribution in [0.15, 0.2) is 63.7 Å². The zero-order chi connectivity index (χ0) is 16.7. The van der Waals surface area contributed by atoms with Crippen LogP contribution < -0.4 is 5.48 Å². The minimum absolute atomic E-state index is 0.123. The van der Waals surface area contributed by atoms with E-state index in [1.54, 1.807) is 31.2 Å². The Morgan fingerprint density at radius 3 is 2.43 bits per heavy atom. The highest BCUT2D eigenvalue weighted by atomic mass is 16.5. The maximum atomic E-state index is 9.63. The zero-order valence-electron chi connectivity index (χ0n) is 12.9. The van der Waals surface area contributed by atoms with Gasteiger partial charge in [-0.05, 0) is 38.1 Å². The number of amidine groups is 1. The Morgan fingerprint density at radius 1 is 1.09 bits per heavy atom. The van der Waals surface area contributed by atoms with E-state index >= 15 is 0 Å². The first-order valence-electron chi connectivity index (χ1n) is 7.01. The Kier molecular flexibility index (Phi) is 5.60. The molecule has 0 bridgehead atoms. The summed E-state index contributed by atoms with van der Waals surface area (Å²) >= 11 is 0. The molecule has 0 radical (unpaired) electrons. The highest BCUT2D eigenvalue weighted by Gasteiger charge is 2.03. The molecule has 23 heavy (non-hydrogen) atoms. The number of aliphatic imine (C=N–C) groups is 1. The third-order valence-corrected chi connectivity index (χ3v) is 3.06. The molecule has 2 aromatic rings. The van der Waals surface area contributed by atoms with Crippen molar-refractivity contribution in [2.45, 2.75) is 13.8 Å².